The number of halogens is 2. The number of carbonyl (C=O) groups is 4. The number of anilines is 4. The van der Waals surface area contributed by atoms with Crippen LogP contribution in [0.25, 0.3) is 21.5 Å². The molecule has 70 heavy (non-hydrogen) atoms. The minimum atomic E-state index is -0.666. The number of benzene rings is 9. The number of hydrogen-bond donors (Lipinski definition) is 6. The number of rotatable bonds is 12. The summed E-state index contributed by atoms with van der Waals surface area (Å²) in [5.74, 6) is -3.01. The number of carbonyl (C=O) groups excluding carboxylic acids is 4. The van der Waals surface area contributed by atoms with E-state index in [1.807, 2.05) is 12.1 Å². The predicted octanol–water partition coefficient (Wildman–Crippen LogP) is 14.6. The molecule has 0 aromatic heterocycles. The minimum absolute atomic E-state index is 0.000313. The quantitative estimate of drug-likeness (QED) is 0.0656. The minimum Gasteiger partial charge on any atom is -0.505 e. The fourth-order valence-electron chi connectivity index (χ4n) is 7.34. The van der Waals surface area contributed by atoms with Gasteiger partial charge in [0.05, 0.1) is 21.2 Å². The second-order valence-corrected chi connectivity index (χ2v) is 16.4. The van der Waals surface area contributed by atoms with E-state index in [1.165, 1.54) is 36.4 Å². The van der Waals surface area contributed by atoms with Gasteiger partial charge < -0.3 is 31.5 Å². The molecule has 9 aromatic carbocycles. The maximum Gasteiger partial charge on any atom is 0.259 e. The Kier molecular flexibility index (Phi) is 13.3. The number of amides is 4. The fraction of sp³-hybridized carbons (Fsp3) is 0. The van der Waals surface area contributed by atoms with Gasteiger partial charge in [-0.3, -0.25) is 19.2 Å². The normalized spacial score (nSPS) is 11.2. The lowest BCUT2D eigenvalue weighted by Gasteiger charge is -2.13. The van der Waals surface area contributed by atoms with Crippen molar-refractivity contribution in [3.63, 3.8) is 0 Å². The van der Waals surface area contributed by atoms with Gasteiger partial charge in [-0.15, -0.1) is 20.5 Å². The SMILES string of the molecule is O=C(Nc1ccccc1)c1ccc(Cl)c(N=Nc2c(O)c(C(=O)Nc3ccc(NC(=O)c4cc5ccccc5c(N=Nc5cc(C(=O)Nc6ccccc6)ccc5Cl)c4O)cc3)cc3ccccc23)c1. The molecule has 0 atom stereocenters. The zero-order valence-electron chi connectivity index (χ0n) is 36.4. The highest BCUT2D eigenvalue weighted by Gasteiger charge is 2.22. The van der Waals surface area contributed by atoms with E-state index < -0.39 is 35.1 Å². The first-order valence-corrected chi connectivity index (χ1v) is 22.1. The maximum absolute atomic E-state index is 13.8. The van der Waals surface area contributed by atoms with E-state index in [1.54, 1.807) is 133 Å². The Labute approximate surface area is 409 Å². The molecule has 0 aliphatic rings. The van der Waals surface area contributed by atoms with Crippen molar-refractivity contribution >= 4 is 114 Å². The maximum atomic E-state index is 13.8. The van der Waals surface area contributed by atoms with Crippen molar-refractivity contribution in [3.8, 4) is 11.5 Å². The van der Waals surface area contributed by atoms with Crippen LogP contribution in [0, 0.1) is 0 Å². The monoisotopic (exact) mass is 962 g/mol. The summed E-state index contributed by atoms with van der Waals surface area (Å²) in [6.45, 7) is 0. The van der Waals surface area contributed by atoms with E-state index in [9.17, 15) is 29.4 Å². The Morgan fingerprint density at radius 1 is 0.371 bits per heavy atom. The first kappa shape index (κ1) is 45.9. The molecule has 0 bridgehead atoms. The number of hydrogen-bond acceptors (Lipinski definition) is 10. The van der Waals surface area contributed by atoms with Gasteiger partial charge in [-0.2, -0.15) is 0 Å². The molecule has 0 radical (unpaired) electrons. The van der Waals surface area contributed by atoms with Crippen molar-refractivity contribution in [2.75, 3.05) is 21.3 Å². The zero-order chi connectivity index (χ0) is 48.7. The van der Waals surface area contributed by atoms with E-state index in [0.717, 1.165) is 0 Å². The molecular formula is C54H36Cl2N8O6. The van der Waals surface area contributed by atoms with Gasteiger partial charge >= 0.3 is 0 Å². The topological polar surface area (TPSA) is 206 Å². The molecular weight excluding hydrogens is 928 g/mol. The summed E-state index contributed by atoms with van der Waals surface area (Å²) in [5, 5.41) is 54.0. The van der Waals surface area contributed by atoms with Gasteiger partial charge in [-0.05, 0) is 108 Å². The molecule has 0 fully saturated rings. The van der Waals surface area contributed by atoms with Crippen LogP contribution in [-0.2, 0) is 0 Å². The van der Waals surface area contributed by atoms with Gasteiger partial charge in [0.25, 0.3) is 23.6 Å². The van der Waals surface area contributed by atoms with Crippen LogP contribution in [0.4, 0.5) is 45.5 Å². The molecule has 14 nitrogen and oxygen atoms in total. The lowest BCUT2D eigenvalue weighted by Crippen LogP contribution is -2.13. The highest BCUT2D eigenvalue weighted by atomic mass is 35.5. The van der Waals surface area contributed by atoms with Crippen molar-refractivity contribution in [2.45, 2.75) is 0 Å². The largest absolute Gasteiger partial charge is 0.505 e. The Bertz CT molecular complexity index is 3340. The van der Waals surface area contributed by atoms with Gasteiger partial charge in [0, 0.05) is 44.6 Å². The van der Waals surface area contributed by atoms with Crippen molar-refractivity contribution < 1.29 is 29.4 Å². The second-order valence-electron chi connectivity index (χ2n) is 15.5. The summed E-state index contributed by atoms with van der Waals surface area (Å²) < 4.78 is 0. The third-order valence-corrected chi connectivity index (χ3v) is 11.5. The summed E-state index contributed by atoms with van der Waals surface area (Å²) in [4.78, 5) is 53.6. The molecule has 0 heterocycles. The third-order valence-electron chi connectivity index (χ3n) is 10.9. The lowest BCUT2D eigenvalue weighted by atomic mass is 10.0. The molecule has 4 amide bonds. The van der Waals surface area contributed by atoms with Crippen LogP contribution in [0.1, 0.15) is 41.4 Å². The van der Waals surface area contributed by atoms with Crippen LogP contribution in [0.2, 0.25) is 10.0 Å². The van der Waals surface area contributed by atoms with Crippen molar-refractivity contribution in [3.05, 3.63) is 214 Å². The molecule has 16 heteroatoms. The van der Waals surface area contributed by atoms with E-state index >= 15 is 0 Å². The molecule has 0 spiro atoms. The average Bonchev–Trinajstić information content (AvgIpc) is 3.37. The third kappa shape index (κ3) is 10.2. The standard InChI is InChI=1S/C54H36Cl2N8O6/c55-43-25-19-33(51(67)57-35-13-3-1-4-14-35)29-45(43)61-63-47-39-17-9-7-11-31(39)27-41(49(47)65)53(69)59-37-21-23-38(24-22-37)60-54(70)42-28-32-12-8-10-18-40(32)48(50(42)66)64-62-46-30-34(20-26-44(46)56)52(68)58-36-15-5-2-6-16-36/h1-30,65-66H,(H,57,67)(H,58,68)(H,59,69)(H,60,70). The number of azo groups is 2. The second kappa shape index (κ2) is 20.3. The van der Waals surface area contributed by atoms with E-state index in [4.69, 9.17) is 23.2 Å². The number of nitrogens with zero attached hydrogens (tertiary/aromatic N) is 4. The van der Waals surface area contributed by atoms with Crippen LogP contribution in [-0.4, -0.2) is 33.8 Å². The Morgan fingerprint density at radius 2 is 0.714 bits per heavy atom. The predicted molar refractivity (Wildman–Crippen MR) is 274 cm³/mol. The van der Waals surface area contributed by atoms with Crippen LogP contribution in [0.15, 0.2) is 202 Å². The number of nitrogens with one attached hydrogen (secondary N) is 4. The zero-order valence-corrected chi connectivity index (χ0v) is 37.9. The van der Waals surface area contributed by atoms with E-state index in [-0.39, 0.29) is 55.0 Å². The molecule has 342 valence electrons. The smallest absolute Gasteiger partial charge is 0.259 e. The highest BCUT2D eigenvalue weighted by molar-refractivity contribution is 6.33. The average molecular weight is 964 g/mol. The summed E-state index contributed by atoms with van der Waals surface area (Å²) in [6, 6.07) is 50.2. The highest BCUT2D eigenvalue weighted by Crippen LogP contribution is 2.42. The first-order valence-electron chi connectivity index (χ1n) is 21.4. The van der Waals surface area contributed by atoms with Crippen molar-refractivity contribution in [1.29, 1.82) is 0 Å². The van der Waals surface area contributed by atoms with E-state index in [2.05, 4.69) is 41.7 Å². The van der Waals surface area contributed by atoms with Gasteiger partial charge in [0.1, 0.15) is 22.7 Å². The Hall–Kier alpha value is -9.24. The van der Waals surface area contributed by atoms with Crippen LogP contribution < -0.4 is 21.3 Å². The number of fused-ring (bicyclic) bond motifs is 2. The molecule has 0 unspecified atom stereocenters. The number of phenols is 2. The van der Waals surface area contributed by atoms with Crippen molar-refractivity contribution in [2.24, 2.45) is 20.5 Å². The summed E-state index contributed by atoms with van der Waals surface area (Å²) in [7, 11) is 0. The number of phenolic OH excluding ortho intramolecular Hbond substituents is 2. The van der Waals surface area contributed by atoms with Gasteiger partial charge in [-0.1, -0.05) is 108 Å². The van der Waals surface area contributed by atoms with E-state index in [0.29, 0.717) is 44.3 Å². The molecule has 9 rings (SSSR count). The number of aromatic hydroxyl groups is 2. The fourth-order valence-corrected chi connectivity index (χ4v) is 7.65. The van der Waals surface area contributed by atoms with Crippen LogP contribution >= 0.6 is 23.2 Å². The molecule has 0 saturated heterocycles. The van der Waals surface area contributed by atoms with Crippen molar-refractivity contribution in [1.82, 2.24) is 0 Å². The first-order chi connectivity index (χ1) is 34.0. The summed E-state index contributed by atoms with van der Waals surface area (Å²) >= 11 is 12.9. The van der Waals surface area contributed by atoms with Gasteiger partial charge in [0.2, 0.25) is 0 Å². The van der Waals surface area contributed by atoms with Gasteiger partial charge in [-0.25, -0.2) is 0 Å². The Balaban J connectivity index is 0.917. The van der Waals surface area contributed by atoms with Gasteiger partial charge in [0.15, 0.2) is 11.5 Å². The molecule has 6 N–H and O–H groups in total. The molecule has 9 aromatic rings. The van der Waals surface area contributed by atoms with Crippen LogP contribution in [0.3, 0.4) is 0 Å². The Morgan fingerprint density at radius 3 is 1.11 bits per heavy atom. The molecule has 0 saturated carbocycles. The number of para-hydroxylation sites is 2. The summed E-state index contributed by atoms with van der Waals surface area (Å²) in [5.41, 5.74) is 2.52. The molecule has 0 aliphatic carbocycles. The lowest BCUT2D eigenvalue weighted by molar-refractivity contribution is 0.101. The van der Waals surface area contributed by atoms with Crippen LogP contribution in [0.5, 0.6) is 11.5 Å². The molecule has 0 aliphatic heterocycles. The summed E-state index contributed by atoms with van der Waals surface area (Å²) in [6.07, 6.45) is 0.